The van der Waals surface area contributed by atoms with E-state index in [0.29, 0.717) is 18.8 Å². The van der Waals surface area contributed by atoms with Gasteiger partial charge in [0.1, 0.15) is 5.69 Å². The molecule has 0 unspecified atom stereocenters. The van der Waals surface area contributed by atoms with Gasteiger partial charge in [0.2, 0.25) is 5.91 Å². The van der Waals surface area contributed by atoms with Gasteiger partial charge in [-0.15, -0.1) is 0 Å². The molecule has 31 heavy (non-hydrogen) atoms. The van der Waals surface area contributed by atoms with Crippen molar-refractivity contribution >= 4 is 22.7 Å². The molecule has 1 fully saturated rings. The van der Waals surface area contributed by atoms with Gasteiger partial charge < -0.3 is 19.9 Å². The fourth-order valence-electron chi connectivity index (χ4n) is 4.48. The van der Waals surface area contributed by atoms with Crippen LogP contribution in [0.2, 0.25) is 0 Å². The third-order valence-electron chi connectivity index (χ3n) is 6.39. The molecule has 1 saturated carbocycles. The number of ether oxygens (including phenoxy) is 1. The molecular weight excluding hydrogens is 392 g/mol. The summed E-state index contributed by atoms with van der Waals surface area (Å²) in [4.78, 5) is 28.2. The molecule has 1 heterocycles. The molecule has 0 spiro atoms. The van der Waals surface area contributed by atoms with Gasteiger partial charge in [-0.25, -0.2) is 0 Å². The Morgan fingerprint density at radius 2 is 1.97 bits per heavy atom. The van der Waals surface area contributed by atoms with Gasteiger partial charge in [-0.2, -0.15) is 0 Å². The molecule has 0 bridgehead atoms. The molecule has 1 aromatic heterocycles. The standard InChI is InChI=1S/C24H36N4O3/c1-4-28(15-16-31-3)14-13-25-23(29)19-10-6-7-11-20(19)26-24(30)22-17-18-9-5-8-12-21(18)27(22)2/h5,8-9,12,17,19-20H,4,6-7,10-11,13-16H2,1-3H3,(H,25,29)(H,26,30)/t19-,20+/m1/s1. The van der Waals surface area contributed by atoms with E-state index in [2.05, 4.69) is 22.5 Å². The number of carbonyl (C=O) groups is 2. The van der Waals surface area contributed by atoms with Gasteiger partial charge >= 0.3 is 0 Å². The van der Waals surface area contributed by atoms with Crippen LogP contribution in [-0.4, -0.2) is 67.2 Å². The maximum Gasteiger partial charge on any atom is 0.268 e. The SMILES string of the molecule is CCN(CCNC(=O)[C@@H]1CCCC[C@@H]1NC(=O)c1cc2ccccc2n1C)CCOC. The third-order valence-corrected chi connectivity index (χ3v) is 6.39. The monoisotopic (exact) mass is 428 g/mol. The van der Waals surface area contributed by atoms with E-state index in [0.717, 1.165) is 56.2 Å². The lowest BCUT2D eigenvalue weighted by atomic mass is 9.83. The van der Waals surface area contributed by atoms with Gasteiger partial charge in [-0.3, -0.25) is 14.5 Å². The number of carbonyl (C=O) groups excluding carboxylic acids is 2. The van der Waals surface area contributed by atoms with Gasteiger partial charge in [0.05, 0.1) is 12.5 Å². The number of amides is 2. The van der Waals surface area contributed by atoms with E-state index in [4.69, 9.17) is 4.74 Å². The Bertz CT molecular complexity index is 879. The quantitative estimate of drug-likeness (QED) is 0.610. The van der Waals surface area contributed by atoms with Crippen LogP contribution in [0.3, 0.4) is 0 Å². The van der Waals surface area contributed by atoms with Crippen molar-refractivity contribution in [3.8, 4) is 0 Å². The molecule has 2 aromatic rings. The maximum atomic E-state index is 13.0. The highest BCUT2D eigenvalue weighted by Crippen LogP contribution is 2.26. The van der Waals surface area contributed by atoms with Crippen LogP contribution in [0.25, 0.3) is 10.9 Å². The molecular formula is C24H36N4O3. The lowest BCUT2D eigenvalue weighted by Gasteiger charge is -2.31. The smallest absolute Gasteiger partial charge is 0.268 e. The van der Waals surface area contributed by atoms with E-state index >= 15 is 0 Å². The molecule has 0 saturated heterocycles. The van der Waals surface area contributed by atoms with Crippen molar-refractivity contribution in [3.63, 3.8) is 0 Å². The zero-order valence-corrected chi connectivity index (χ0v) is 19.0. The minimum Gasteiger partial charge on any atom is -0.383 e. The highest BCUT2D eigenvalue weighted by atomic mass is 16.5. The van der Waals surface area contributed by atoms with Crippen molar-refractivity contribution in [2.24, 2.45) is 13.0 Å². The van der Waals surface area contributed by atoms with Crippen molar-refractivity contribution < 1.29 is 14.3 Å². The van der Waals surface area contributed by atoms with Crippen LogP contribution in [0.1, 0.15) is 43.1 Å². The minimum absolute atomic E-state index is 0.0461. The van der Waals surface area contributed by atoms with Crippen molar-refractivity contribution in [3.05, 3.63) is 36.0 Å². The first-order chi connectivity index (χ1) is 15.0. The largest absolute Gasteiger partial charge is 0.383 e. The van der Waals surface area contributed by atoms with Crippen molar-refractivity contribution in [2.45, 2.75) is 38.6 Å². The number of para-hydroxylation sites is 1. The van der Waals surface area contributed by atoms with E-state index in [1.807, 2.05) is 41.9 Å². The summed E-state index contributed by atoms with van der Waals surface area (Å²) in [5.41, 5.74) is 1.65. The molecule has 3 rings (SSSR count). The van der Waals surface area contributed by atoms with Crippen LogP contribution in [0.15, 0.2) is 30.3 Å². The molecule has 7 nitrogen and oxygen atoms in total. The number of hydrogen-bond acceptors (Lipinski definition) is 4. The molecule has 1 aromatic carbocycles. The Kier molecular flexibility index (Phi) is 8.49. The number of likely N-dealkylation sites (N-methyl/N-ethyl adjacent to an activating group) is 1. The molecule has 2 N–H and O–H groups in total. The number of aryl methyl sites for hydroxylation is 1. The molecule has 2 amide bonds. The molecule has 1 aliphatic carbocycles. The lowest BCUT2D eigenvalue weighted by Crippen LogP contribution is -2.49. The fourth-order valence-corrected chi connectivity index (χ4v) is 4.48. The molecule has 0 radical (unpaired) electrons. The third kappa shape index (κ3) is 5.86. The topological polar surface area (TPSA) is 75.6 Å². The van der Waals surface area contributed by atoms with Crippen LogP contribution in [0.4, 0.5) is 0 Å². The van der Waals surface area contributed by atoms with E-state index in [9.17, 15) is 9.59 Å². The molecule has 0 aliphatic heterocycles. The number of benzene rings is 1. The summed E-state index contributed by atoms with van der Waals surface area (Å²) >= 11 is 0. The Morgan fingerprint density at radius 1 is 1.19 bits per heavy atom. The molecule has 170 valence electrons. The summed E-state index contributed by atoms with van der Waals surface area (Å²) in [6.07, 6.45) is 3.70. The second-order valence-electron chi connectivity index (χ2n) is 8.34. The lowest BCUT2D eigenvalue weighted by molar-refractivity contribution is -0.126. The van der Waals surface area contributed by atoms with E-state index in [1.165, 1.54) is 0 Å². The van der Waals surface area contributed by atoms with Gasteiger partial charge in [-0.05, 0) is 31.5 Å². The van der Waals surface area contributed by atoms with Gasteiger partial charge in [0.15, 0.2) is 0 Å². The number of fused-ring (bicyclic) bond motifs is 1. The Balaban J connectivity index is 1.58. The van der Waals surface area contributed by atoms with Gasteiger partial charge in [0.25, 0.3) is 5.91 Å². The Morgan fingerprint density at radius 3 is 2.71 bits per heavy atom. The minimum atomic E-state index is -0.179. The van der Waals surface area contributed by atoms with Gasteiger partial charge in [-0.1, -0.05) is 38.0 Å². The second kappa shape index (κ2) is 11.3. The van der Waals surface area contributed by atoms with Crippen LogP contribution >= 0.6 is 0 Å². The fraction of sp³-hybridized carbons (Fsp3) is 0.583. The summed E-state index contributed by atoms with van der Waals surface area (Å²) in [5.74, 6) is -0.244. The number of hydrogen-bond donors (Lipinski definition) is 2. The summed E-state index contributed by atoms with van der Waals surface area (Å²) in [6.45, 7) is 5.98. The number of rotatable bonds is 10. The number of aromatic nitrogens is 1. The summed E-state index contributed by atoms with van der Waals surface area (Å²) in [7, 11) is 3.61. The Labute approximate surface area is 185 Å². The first-order valence-corrected chi connectivity index (χ1v) is 11.4. The zero-order valence-electron chi connectivity index (χ0n) is 19.0. The molecule has 1 aliphatic rings. The second-order valence-corrected chi connectivity index (χ2v) is 8.34. The van der Waals surface area contributed by atoms with Crippen molar-refractivity contribution in [1.82, 2.24) is 20.1 Å². The summed E-state index contributed by atoms with van der Waals surface area (Å²) in [6, 6.07) is 9.75. The van der Waals surface area contributed by atoms with E-state index in [1.54, 1.807) is 7.11 Å². The number of methoxy groups -OCH3 is 1. The number of nitrogens with zero attached hydrogens (tertiary/aromatic N) is 2. The van der Waals surface area contributed by atoms with Crippen LogP contribution in [-0.2, 0) is 16.6 Å². The average molecular weight is 429 g/mol. The Hall–Kier alpha value is -2.38. The predicted octanol–water partition coefficient (Wildman–Crippen LogP) is 2.55. The maximum absolute atomic E-state index is 13.0. The van der Waals surface area contributed by atoms with E-state index < -0.39 is 0 Å². The summed E-state index contributed by atoms with van der Waals surface area (Å²) in [5, 5.41) is 7.29. The van der Waals surface area contributed by atoms with Crippen LogP contribution < -0.4 is 10.6 Å². The molecule has 2 atom stereocenters. The highest BCUT2D eigenvalue weighted by molar-refractivity contribution is 5.99. The van der Waals surface area contributed by atoms with Crippen LogP contribution in [0.5, 0.6) is 0 Å². The first-order valence-electron chi connectivity index (χ1n) is 11.4. The van der Waals surface area contributed by atoms with Crippen LogP contribution in [0, 0.1) is 5.92 Å². The predicted molar refractivity (Wildman–Crippen MR) is 123 cm³/mol. The van der Waals surface area contributed by atoms with Crippen molar-refractivity contribution in [1.29, 1.82) is 0 Å². The highest BCUT2D eigenvalue weighted by Gasteiger charge is 2.32. The zero-order chi connectivity index (χ0) is 22.2. The molecule has 7 heteroatoms. The van der Waals surface area contributed by atoms with Gasteiger partial charge in [0, 0.05) is 50.7 Å². The average Bonchev–Trinajstić information content (AvgIpc) is 3.13. The number of nitrogens with one attached hydrogen (secondary N) is 2. The summed E-state index contributed by atoms with van der Waals surface area (Å²) < 4.78 is 7.06. The first kappa shape index (κ1) is 23.3. The van der Waals surface area contributed by atoms with E-state index in [-0.39, 0.29) is 23.8 Å². The normalized spacial score (nSPS) is 19.0. The van der Waals surface area contributed by atoms with Crippen molar-refractivity contribution in [2.75, 3.05) is 39.9 Å².